The molecule has 1 aromatic rings. The topological polar surface area (TPSA) is 96.5 Å². The van der Waals surface area contributed by atoms with E-state index in [1.54, 1.807) is 4.90 Å². The Kier molecular flexibility index (Phi) is 5.06. The van der Waals surface area contributed by atoms with E-state index in [9.17, 15) is 9.59 Å². The Balaban J connectivity index is 1.79. The van der Waals surface area contributed by atoms with E-state index in [-0.39, 0.29) is 17.2 Å². The highest BCUT2D eigenvalue weighted by atomic mass is 16.5. The Hall–Kier alpha value is -1.92. The molecule has 2 heterocycles. The highest BCUT2D eigenvalue weighted by Crippen LogP contribution is 2.24. The minimum absolute atomic E-state index is 0.00161. The van der Waals surface area contributed by atoms with Gasteiger partial charge in [-0.1, -0.05) is 32.9 Å². The molecule has 1 saturated heterocycles. The molecule has 0 bridgehead atoms. The Morgan fingerprint density at radius 1 is 1.35 bits per heavy atom. The number of aryl methyl sites for hydroxylation is 1. The van der Waals surface area contributed by atoms with E-state index >= 15 is 0 Å². The predicted molar refractivity (Wildman–Crippen MR) is 82.8 cm³/mol. The molecule has 1 amide bonds. The second kappa shape index (κ2) is 6.68. The lowest BCUT2D eigenvalue weighted by Crippen LogP contribution is -2.29. The van der Waals surface area contributed by atoms with E-state index in [1.807, 2.05) is 27.7 Å². The fourth-order valence-corrected chi connectivity index (χ4v) is 2.70. The van der Waals surface area contributed by atoms with E-state index in [2.05, 4.69) is 10.1 Å². The second-order valence-corrected chi connectivity index (χ2v) is 7.34. The minimum atomic E-state index is -0.826. The number of carbonyl (C=O) groups excluding carboxylic acids is 1. The average molecular weight is 323 g/mol. The summed E-state index contributed by atoms with van der Waals surface area (Å²) in [6.07, 6.45) is 1.54. The second-order valence-electron chi connectivity index (χ2n) is 7.34. The van der Waals surface area contributed by atoms with Crippen molar-refractivity contribution < 1.29 is 19.2 Å². The summed E-state index contributed by atoms with van der Waals surface area (Å²) in [5.41, 5.74) is -0.158. The molecule has 1 fully saturated rings. The molecule has 23 heavy (non-hydrogen) atoms. The van der Waals surface area contributed by atoms with Gasteiger partial charge in [0.2, 0.25) is 11.8 Å². The summed E-state index contributed by atoms with van der Waals surface area (Å²) in [5.74, 6) is -0.0760. The van der Waals surface area contributed by atoms with Crippen LogP contribution in [-0.2, 0) is 21.4 Å². The number of carbonyl (C=O) groups is 2. The summed E-state index contributed by atoms with van der Waals surface area (Å²) < 4.78 is 5.20. The molecule has 2 rings (SSSR count). The molecule has 128 valence electrons. The smallest absolute Gasteiger partial charge is 0.308 e. The third-order valence-corrected chi connectivity index (χ3v) is 4.20. The van der Waals surface area contributed by atoms with Crippen molar-refractivity contribution in [3.05, 3.63) is 11.7 Å². The molecule has 0 spiro atoms. The van der Waals surface area contributed by atoms with Crippen molar-refractivity contribution in [1.82, 2.24) is 15.0 Å². The lowest BCUT2D eigenvalue weighted by molar-refractivity contribution is -0.142. The van der Waals surface area contributed by atoms with Gasteiger partial charge in [0.05, 0.1) is 5.92 Å². The molecule has 0 aromatic carbocycles. The minimum Gasteiger partial charge on any atom is -0.481 e. The zero-order chi connectivity index (χ0) is 17.2. The van der Waals surface area contributed by atoms with Gasteiger partial charge in [-0.3, -0.25) is 9.59 Å². The van der Waals surface area contributed by atoms with Gasteiger partial charge >= 0.3 is 5.97 Å². The number of hydrogen-bond donors (Lipinski definition) is 1. The van der Waals surface area contributed by atoms with E-state index in [0.717, 1.165) is 0 Å². The lowest BCUT2D eigenvalue weighted by Gasteiger charge is -2.15. The lowest BCUT2D eigenvalue weighted by atomic mass is 9.96. The SMILES string of the molecule is C[C@@H]1CN(C(=O)CCCc2nc(C(C)(C)C)no2)C[C@H]1C(=O)O. The first-order valence-corrected chi connectivity index (χ1v) is 8.02. The molecule has 7 nitrogen and oxygen atoms in total. The molecule has 0 radical (unpaired) electrons. The van der Waals surface area contributed by atoms with Crippen LogP contribution in [0.2, 0.25) is 0 Å². The maximum absolute atomic E-state index is 12.2. The number of rotatable bonds is 5. The largest absolute Gasteiger partial charge is 0.481 e. The third-order valence-electron chi connectivity index (χ3n) is 4.20. The first-order valence-electron chi connectivity index (χ1n) is 8.02. The van der Waals surface area contributed by atoms with Gasteiger partial charge in [-0.25, -0.2) is 0 Å². The molecule has 0 unspecified atom stereocenters. The van der Waals surface area contributed by atoms with Gasteiger partial charge in [-0.2, -0.15) is 4.98 Å². The summed E-state index contributed by atoms with van der Waals surface area (Å²) in [6, 6.07) is 0. The van der Waals surface area contributed by atoms with Gasteiger partial charge < -0.3 is 14.5 Å². The molecule has 1 N–H and O–H groups in total. The summed E-state index contributed by atoms with van der Waals surface area (Å²) in [7, 11) is 0. The van der Waals surface area contributed by atoms with Crippen LogP contribution in [-0.4, -0.2) is 45.1 Å². The standard InChI is InChI=1S/C16H25N3O4/c1-10-8-19(9-11(10)14(21)22)13(20)7-5-6-12-17-15(18-23-12)16(2,3)4/h10-11H,5-9H2,1-4H3,(H,21,22)/t10-,11-/m1/s1. The number of aromatic nitrogens is 2. The molecular weight excluding hydrogens is 298 g/mol. The number of carboxylic acid groups (broad SMARTS) is 1. The predicted octanol–water partition coefficient (Wildman–Crippen LogP) is 1.87. The van der Waals surface area contributed by atoms with Gasteiger partial charge in [0.25, 0.3) is 0 Å². The molecule has 1 aliphatic rings. The van der Waals surface area contributed by atoms with Crippen molar-refractivity contribution in [3.63, 3.8) is 0 Å². The van der Waals surface area contributed by atoms with Crippen molar-refractivity contribution in [1.29, 1.82) is 0 Å². The van der Waals surface area contributed by atoms with Crippen LogP contribution in [0.15, 0.2) is 4.52 Å². The monoisotopic (exact) mass is 323 g/mol. The van der Waals surface area contributed by atoms with E-state index in [0.29, 0.717) is 44.1 Å². The number of likely N-dealkylation sites (tertiary alicyclic amines) is 1. The average Bonchev–Trinajstić information content (AvgIpc) is 3.04. The highest BCUT2D eigenvalue weighted by molar-refractivity contribution is 5.78. The van der Waals surface area contributed by atoms with Crippen molar-refractivity contribution in [2.24, 2.45) is 11.8 Å². The van der Waals surface area contributed by atoms with Gasteiger partial charge in [-0.05, 0) is 12.3 Å². The number of amides is 1. The van der Waals surface area contributed by atoms with Crippen LogP contribution >= 0.6 is 0 Å². The van der Waals surface area contributed by atoms with E-state index < -0.39 is 11.9 Å². The van der Waals surface area contributed by atoms with Crippen LogP contribution in [0, 0.1) is 11.8 Å². The van der Waals surface area contributed by atoms with Crippen molar-refractivity contribution in [3.8, 4) is 0 Å². The quantitative estimate of drug-likeness (QED) is 0.888. The molecule has 1 aliphatic heterocycles. The zero-order valence-corrected chi connectivity index (χ0v) is 14.2. The first-order chi connectivity index (χ1) is 10.7. The van der Waals surface area contributed by atoms with Crippen LogP contribution in [0.25, 0.3) is 0 Å². The van der Waals surface area contributed by atoms with Gasteiger partial charge in [-0.15, -0.1) is 0 Å². The summed E-state index contributed by atoms with van der Waals surface area (Å²) >= 11 is 0. The molecule has 2 atom stereocenters. The van der Waals surface area contributed by atoms with Gasteiger partial charge in [0.1, 0.15) is 0 Å². The van der Waals surface area contributed by atoms with E-state index in [4.69, 9.17) is 9.63 Å². The fraction of sp³-hybridized carbons (Fsp3) is 0.750. The fourth-order valence-electron chi connectivity index (χ4n) is 2.70. The molecule has 0 saturated carbocycles. The van der Waals surface area contributed by atoms with Crippen LogP contribution in [0.5, 0.6) is 0 Å². The summed E-state index contributed by atoms with van der Waals surface area (Å²) in [6.45, 7) is 8.74. The molecule has 1 aromatic heterocycles. The number of carboxylic acids is 1. The van der Waals surface area contributed by atoms with Crippen molar-refractivity contribution >= 4 is 11.9 Å². The Labute approximate surface area is 136 Å². The number of aliphatic carboxylic acids is 1. The maximum Gasteiger partial charge on any atom is 0.308 e. The van der Waals surface area contributed by atoms with Crippen LogP contribution in [0.1, 0.15) is 52.3 Å². The van der Waals surface area contributed by atoms with E-state index in [1.165, 1.54) is 0 Å². The zero-order valence-electron chi connectivity index (χ0n) is 14.2. The first kappa shape index (κ1) is 17.4. The Bertz CT molecular complexity index is 576. The number of hydrogen-bond acceptors (Lipinski definition) is 5. The number of nitrogens with zero attached hydrogens (tertiary/aromatic N) is 3. The third kappa shape index (κ3) is 4.30. The van der Waals surface area contributed by atoms with Crippen LogP contribution in [0.3, 0.4) is 0 Å². The molecule has 0 aliphatic carbocycles. The van der Waals surface area contributed by atoms with Crippen LogP contribution < -0.4 is 0 Å². The Morgan fingerprint density at radius 2 is 2.04 bits per heavy atom. The highest BCUT2D eigenvalue weighted by Gasteiger charge is 2.36. The van der Waals surface area contributed by atoms with Crippen molar-refractivity contribution in [2.75, 3.05) is 13.1 Å². The summed E-state index contributed by atoms with van der Waals surface area (Å²) in [4.78, 5) is 29.3. The van der Waals surface area contributed by atoms with Gasteiger partial charge in [0, 0.05) is 31.3 Å². The molecular formula is C16H25N3O4. The maximum atomic E-state index is 12.2. The normalized spacial score (nSPS) is 21.7. The summed E-state index contributed by atoms with van der Waals surface area (Å²) in [5, 5.41) is 13.1. The Morgan fingerprint density at radius 3 is 2.57 bits per heavy atom. The molecule has 7 heteroatoms. The van der Waals surface area contributed by atoms with Gasteiger partial charge in [0.15, 0.2) is 5.82 Å². The van der Waals surface area contributed by atoms with Crippen molar-refractivity contribution in [2.45, 2.75) is 52.4 Å². The van der Waals surface area contributed by atoms with Crippen LogP contribution in [0.4, 0.5) is 0 Å².